The van der Waals surface area contributed by atoms with E-state index in [0.717, 1.165) is 6.54 Å². The number of nitrogens with zero attached hydrogens (tertiary/aromatic N) is 2. The van der Waals surface area contributed by atoms with E-state index in [1.165, 1.54) is 19.3 Å². The van der Waals surface area contributed by atoms with Crippen LogP contribution in [0.5, 0.6) is 0 Å². The summed E-state index contributed by atoms with van der Waals surface area (Å²) in [6, 6.07) is -0.336. The molecule has 0 bridgehead atoms. The molecule has 0 aromatic rings. The zero-order chi connectivity index (χ0) is 13.8. The summed E-state index contributed by atoms with van der Waals surface area (Å²) in [6.45, 7) is 1.20. The van der Waals surface area contributed by atoms with Crippen LogP contribution in [-0.4, -0.2) is 68.7 Å². The lowest BCUT2D eigenvalue weighted by atomic mass is 9.75. The first-order chi connectivity index (χ1) is 8.46. The molecule has 0 aromatic heterocycles. The average molecular weight is 258 g/mol. The van der Waals surface area contributed by atoms with Gasteiger partial charge in [-0.25, -0.2) is 5.84 Å². The molecule has 0 radical (unpaired) electrons. The summed E-state index contributed by atoms with van der Waals surface area (Å²) < 4.78 is 5.10. The fraction of sp³-hybridized carbons (Fsp3) is 0.917. The Balaban J connectivity index is 2.65. The molecule has 1 aliphatic rings. The molecule has 0 spiro atoms. The largest absolute Gasteiger partial charge is 0.383 e. The van der Waals surface area contributed by atoms with E-state index in [1.54, 1.807) is 7.11 Å². The minimum atomic E-state index is -0.336. The highest BCUT2D eigenvalue weighted by Gasteiger charge is 2.41. The third kappa shape index (κ3) is 3.20. The third-order valence-electron chi connectivity index (χ3n) is 4.08. The molecule has 0 saturated heterocycles. The Morgan fingerprint density at radius 1 is 1.44 bits per heavy atom. The van der Waals surface area contributed by atoms with E-state index in [0.29, 0.717) is 6.61 Å². The maximum Gasteiger partial charge on any atom is 0.253 e. The van der Waals surface area contributed by atoms with Crippen LogP contribution in [0.3, 0.4) is 0 Å². The molecule has 18 heavy (non-hydrogen) atoms. The molecule has 1 saturated carbocycles. The zero-order valence-electron chi connectivity index (χ0n) is 11.9. The number of nitrogens with two attached hydrogens (primary N) is 1. The maximum absolute atomic E-state index is 11.7. The molecule has 6 heteroatoms. The predicted octanol–water partition coefficient (Wildman–Crippen LogP) is -0.593. The van der Waals surface area contributed by atoms with Crippen molar-refractivity contribution < 1.29 is 9.53 Å². The third-order valence-corrected chi connectivity index (χ3v) is 4.08. The number of methoxy groups -OCH3 is 1. The highest BCUT2D eigenvalue weighted by Crippen LogP contribution is 2.36. The molecule has 6 nitrogen and oxygen atoms in total. The first kappa shape index (κ1) is 15.4. The van der Waals surface area contributed by atoms with Crippen LogP contribution in [0.4, 0.5) is 0 Å². The first-order valence-electron chi connectivity index (χ1n) is 6.34. The SMILES string of the molecule is COCC(C(=O)NN)N(C)CC1(N(C)C)CCC1. The summed E-state index contributed by atoms with van der Waals surface area (Å²) in [5.74, 6) is 5.02. The van der Waals surface area contributed by atoms with Gasteiger partial charge in [-0.15, -0.1) is 0 Å². The summed E-state index contributed by atoms with van der Waals surface area (Å²) in [6.07, 6.45) is 3.60. The Bertz CT molecular complexity index is 279. The van der Waals surface area contributed by atoms with E-state index in [4.69, 9.17) is 10.6 Å². The first-order valence-corrected chi connectivity index (χ1v) is 6.34. The van der Waals surface area contributed by atoms with Crippen molar-refractivity contribution in [3.63, 3.8) is 0 Å². The lowest BCUT2D eigenvalue weighted by Gasteiger charge is -2.50. The molecule has 1 fully saturated rings. The summed E-state index contributed by atoms with van der Waals surface area (Å²) in [4.78, 5) is 16.0. The van der Waals surface area contributed by atoms with Gasteiger partial charge >= 0.3 is 0 Å². The highest BCUT2D eigenvalue weighted by atomic mass is 16.5. The molecule has 1 atom stereocenters. The van der Waals surface area contributed by atoms with Gasteiger partial charge in [0.1, 0.15) is 6.04 Å². The molecule has 0 heterocycles. The van der Waals surface area contributed by atoms with Gasteiger partial charge in [0.15, 0.2) is 0 Å². The molecule has 1 rings (SSSR count). The number of carbonyl (C=O) groups excluding carboxylic acids is 1. The molecular weight excluding hydrogens is 232 g/mol. The van der Waals surface area contributed by atoms with Crippen molar-refractivity contribution in [3.8, 4) is 0 Å². The molecule has 0 aliphatic heterocycles. The maximum atomic E-state index is 11.7. The van der Waals surface area contributed by atoms with Crippen LogP contribution < -0.4 is 11.3 Å². The number of ether oxygens (including phenoxy) is 1. The molecule has 106 valence electrons. The Morgan fingerprint density at radius 2 is 2.06 bits per heavy atom. The normalized spacial score (nSPS) is 19.7. The Kier molecular flexibility index (Phi) is 5.52. The van der Waals surface area contributed by atoms with Crippen LogP contribution in [0, 0.1) is 0 Å². The number of carbonyl (C=O) groups is 1. The summed E-state index contributed by atoms with van der Waals surface area (Å²) >= 11 is 0. The van der Waals surface area contributed by atoms with Gasteiger partial charge in [0.2, 0.25) is 0 Å². The quantitative estimate of drug-likeness (QED) is 0.363. The molecule has 3 N–H and O–H groups in total. The van der Waals surface area contributed by atoms with Crippen molar-refractivity contribution in [2.24, 2.45) is 5.84 Å². The number of hydrogen-bond donors (Lipinski definition) is 2. The molecule has 0 aromatic carbocycles. The number of hydrazine groups is 1. The van der Waals surface area contributed by atoms with E-state index < -0.39 is 0 Å². The summed E-state index contributed by atoms with van der Waals surface area (Å²) in [5, 5.41) is 0. The number of likely N-dealkylation sites (N-methyl/N-ethyl adjacent to an activating group) is 2. The van der Waals surface area contributed by atoms with Crippen molar-refractivity contribution >= 4 is 5.91 Å². The van der Waals surface area contributed by atoms with Crippen LogP contribution in [0.15, 0.2) is 0 Å². The highest BCUT2D eigenvalue weighted by molar-refractivity contribution is 5.81. The van der Waals surface area contributed by atoms with E-state index in [2.05, 4.69) is 24.4 Å². The van der Waals surface area contributed by atoms with Gasteiger partial charge < -0.3 is 9.64 Å². The minimum Gasteiger partial charge on any atom is -0.383 e. The predicted molar refractivity (Wildman–Crippen MR) is 70.9 cm³/mol. The van der Waals surface area contributed by atoms with Gasteiger partial charge in [-0.2, -0.15) is 0 Å². The van der Waals surface area contributed by atoms with Crippen molar-refractivity contribution in [1.82, 2.24) is 15.2 Å². The van der Waals surface area contributed by atoms with Crippen LogP contribution >= 0.6 is 0 Å². The smallest absolute Gasteiger partial charge is 0.253 e. The number of rotatable bonds is 7. The van der Waals surface area contributed by atoms with Crippen LogP contribution in [0.1, 0.15) is 19.3 Å². The monoisotopic (exact) mass is 258 g/mol. The van der Waals surface area contributed by atoms with E-state index in [9.17, 15) is 4.79 Å². The zero-order valence-corrected chi connectivity index (χ0v) is 11.9. The minimum absolute atomic E-state index is 0.190. The second kappa shape index (κ2) is 6.47. The van der Waals surface area contributed by atoms with Crippen LogP contribution in [-0.2, 0) is 9.53 Å². The van der Waals surface area contributed by atoms with E-state index in [1.807, 2.05) is 11.9 Å². The summed E-state index contributed by atoms with van der Waals surface area (Å²) in [5.41, 5.74) is 2.40. The standard InChI is InChI=1S/C12H26N4O2/c1-15(2)12(6-5-7-12)9-16(3)10(8-18-4)11(17)14-13/h10H,5-9,13H2,1-4H3,(H,14,17). The number of hydrogen-bond acceptors (Lipinski definition) is 5. The van der Waals surface area contributed by atoms with Gasteiger partial charge in [0.25, 0.3) is 5.91 Å². The fourth-order valence-electron chi connectivity index (χ4n) is 2.56. The van der Waals surface area contributed by atoms with Gasteiger partial charge in [-0.3, -0.25) is 15.1 Å². The Labute approximate surface area is 109 Å². The lowest BCUT2D eigenvalue weighted by molar-refractivity contribution is -0.129. The van der Waals surface area contributed by atoms with Crippen LogP contribution in [0.25, 0.3) is 0 Å². The van der Waals surface area contributed by atoms with E-state index >= 15 is 0 Å². The molecular formula is C12H26N4O2. The number of nitrogens with one attached hydrogen (secondary N) is 1. The van der Waals surface area contributed by atoms with Gasteiger partial charge in [0.05, 0.1) is 6.61 Å². The Hall–Kier alpha value is -0.690. The molecule has 1 amide bonds. The second-order valence-electron chi connectivity index (χ2n) is 5.37. The average Bonchev–Trinajstić information content (AvgIpc) is 2.28. The molecule has 1 unspecified atom stereocenters. The van der Waals surface area contributed by atoms with Gasteiger partial charge in [-0.1, -0.05) is 0 Å². The van der Waals surface area contributed by atoms with E-state index in [-0.39, 0.29) is 17.5 Å². The van der Waals surface area contributed by atoms with Gasteiger partial charge in [0, 0.05) is 19.2 Å². The van der Waals surface area contributed by atoms with Crippen LogP contribution in [0.2, 0.25) is 0 Å². The topological polar surface area (TPSA) is 70.8 Å². The second-order valence-corrected chi connectivity index (χ2v) is 5.37. The summed E-state index contributed by atoms with van der Waals surface area (Å²) in [7, 11) is 7.74. The van der Waals surface area contributed by atoms with Crippen molar-refractivity contribution in [2.45, 2.75) is 30.8 Å². The van der Waals surface area contributed by atoms with Crippen molar-refractivity contribution in [2.75, 3.05) is 41.4 Å². The van der Waals surface area contributed by atoms with Crippen molar-refractivity contribution in [3.05, 3.63) is 0 Å². The lowest BCUT2D eigenvalue weighted by Crippen LogP contribution is -2.60. The molecule has 1 aliphatic carbocycles. The van der Waals surface area contributed by atoms with Crippen molar-refractivity contribution in [1.29, 1.82) is 0 Å². The fourth-order valence-corrected chi connectivity index (χ4v) is 2.56. The Morgan fingerprint density at radius 3 is 2.39 bits per heavy atom. The number of amides is 1. The van der Waals surface area contributed by atoms with Gasteiger partial charge in [-0.05, 0) is 40.4 Å².